The van der Waals surface area contributed by atoms with Crippen molar-refractivity contribution in [1.82, 2.24) is 100 Å². The van der Waals surface area contributed by atoms with Gasteiger partial charge < -0.3 is 123 Å². The second kappa shape index (κ2) is 46.5. The Kier molecular flexibility index (Phi) is 38.8. The highest BCUT2D eigenvalue weighted by Gasteiger charge is 2.25. The molecule has 8 atom stereocenters. The molecule has 27 N–H and O–H groups in total. The zero-order valence-electron chi connectivity index (χ0n) is 59.1. The van der Waals surface area contributed by atoms with E-state index in [1.54, 1.807) is 0 Å². The molecule has 99 heavy (non-hydrogen) atoms. The number of urea groups is 8. The molecule has 2 aromatic carbocycles. The molecule has 554 valence electrons. The molecule has 0 spiro atoms. The third kappa shape index (κ3) is 34.1. The van der Waals surface area contributed by atoms with Gasteiger partial charge in [0.25, 0.3) is 0 Å². The number of thiocarbonyl (C=S) groups is 1. The number of rotatable bonds is 45. The third-order valence-corrected chi connectivity index (χ3v) is 16.9. The minimum Gasteiger partial charge on any atom is -0.361 e. The summed E-state index contributed by atoms with van der Waals surface area (Å²) < 4.78 is 0. The smallest absolute Gasteiger partial charge is 0.315 e. The van der Waals surface area contributed by atoms with Crippen molar-refractivity contribution in [2.45, 2.75) is 186 Å². The first-order valence-electron chi connectivity index (χ1n) is 35.1. The fraction of sp³-hybridized carbons (Fsp3) is 0.627. The van der Waals surface area contributed by atoms with Crippen molar-refractivity contribution >= 4 is 87.4 Å². The summed E-state index contributed by atoms with van der Waals surface area (Å²) in [7, 11) is 0. The number of fused-ring (bicyclic) bond motifs is 2. The van der Waals surface area contributed by atoms with Gasteiger partial charge in [0.2, 0.25) is 0 Å². The van der Waals surface area contributed by atoms with Crippen LogP contribution in [0.25, 0.3) is 21.8 Å². The van der Waals surface area contributed by atoms with Crippen molar-refractivity contribution in [2.75, 3.05) is 72.0 Å². The summed E-state index contributed by atoms with van der Waals surface area (Å²) in [6.45, 7) is 16.0. The van der Waals surface area contributed by atoms with Gasteiger partial charge in [-0.3, -0.25) is 0 Å². The molecular formula is C67H117N23O8S. The van der Waals surface area contributed by atoms with Gasteiger partial charge >= 0.3 is 48.2 Å². The number of unbranched alkanes of at least 4 members (excludes halogenated alkanes) is 3. The highest BCUT2D eigenvalue weighted by Crippen LogP contribution is 2.21. The lowest BCUT2D eigenvalue weighted by molar-refractivity contribution is 0.221. The molecule has 0 fully saturated rings. The van der Waals surface area contributed by atoms with E-state index in [1.165, 1.54) is 0 Å². The first-order valence-corrected chi connectivity index (χ1v) is 35.5. The number of carbonyl (C=O) groups excluding carboxylic acids is 8. The Labute approximate surface area is 588 Å². The molecule has 0 aliphatic carbocycles. The number of para-hydroxylation sites is 2. The Morgan fingerprint density at radius 3 is 1.11 bits per heavy atom. The van der Waals surface area contributed by atoms with Crippen molar-refractivity contribution in [3.8, 4) is 0 Å². The lowest BCUT2D eigenvalue weighted by Gasteiger charge is -2.27. The molecular weight excluding hydrogens is 1290 g/mol. The molecule has 31 nitrogen and oxygen atoms in total. The average molecular weight is 1400 g/mol. The molecule has 2 aromatic heterocycles. The van der Waals surface area contributed by atoms with Gasteiger partial charge in [0.15, 0.2) is 5.11 Å². The first kappa shape index (κ1) is 82.7. The third-order valence-electron chi connectivity index (χ3n) is 16.6. The monoisotopic (exact) mass is 1400 g/mol. The van der Waals surface area contributed by atoms with Gasteiger partial charge in [-0.25, -0.2) is 38.4 Å². The SMILES string of the molecule is CCC[C@H](CNC(N)=O)NC(=O)NC[C@H](CCCCN)NC(=O)NC[C@H](Cc1c[nH]c2ccccc12)NC(=O)NC[C@H](CCCCN)NC(=O)NC[C@H](NC(=O)NC[C@H](Cc1c[nH]c2ccccc12)NC(=O)NC[C@H](CCCCN)NC(=S)NC[C@H](NC(=O)NC(C)C)C(C)C)C(C)C. The minimum absolute atomic E-state index is 0.0182. The van der Waals surface area contributed by atoms with Crippen LogP contribution < -0.4 is 113 Å². The normalized spacial score (nSPS) is 13.7. The van der Waals surface area contributed by atoms with E-state index in [0.717, 1.165) is 52.2 Å². The second-order valence-electron chi connectivity index (χ2n) is 26.2. The van der Waals surface area contributed by atoms with Crippen LogP contribution in [0.2, 0.25) is 0 Å². The Morgan fingerprint density at radius 1 is 0.394 bits per heavy atom. The van der Waals surface area contributed by atoms with Crippen LogP contribution in [-0.2, 0) is 12.8 Å². The molecule has 0 unspecified atom stereocenters. The summed E-state index contributed by atoms with van der Waals surface area (Å²) in [6, 6.07) is 8.04. The number of nitrogens with one attached hydrogen (secondary N) is 19. The first-order chi connectivity index (χ1) is 47.5. The summed E-state index contributed by atoms with van der Waals surface area (Å²) in [5, 5.41) is 52.7. The van der Waals surface area contributed by atoms with Crippen LogP contribution in [0.4, 0.5) is 38.4 Å². The van der Waals surface area contributed by atoms with E-state index in [0.29, 0.717) is 95.5 Å². The Hall–Kier alpha value is -8.75. The number of nitrogens with two attached hydrogens (primary N) is 4. The predicted molar refractivity (Wildman–Crippen MR) is 395 cm³/mol. The fourth-order valence-electron chi connectivity index (χ4n) is 11.1. The number of amides is 16. The van der Waals surface area contributed by atoms with Crippen LogP contribution in [-0.4, -0.2) is 190 Å². The molecule has 16 amide bonds. The zero-order chi connectivity index (χ0) is 72.5. The Balaban J connectivity index is 1.37. The van der Waals surface area contributed by atoms with Crippen molar-refractivity contribution in [2.24, 2.45) is 34.8 Å². The minimum atomic E-state index is -0.695. The van der Waals surface area contributed by atoms with Gasteiger partial charge in [-0.15, -0.1) is 0 Å². The Morgan fingerprint density at radius 2 is 0.727 bits per heavy atom. The fourth-order valence-corrected chi connectivity index (χ4v) is 11.3. The van der Waals surface area contributed by atoms with Crippen LogP contribution in [0.1, 0.15) is 130 Å². The maximum atomic E-state index is 13.9. The maximum Gasteiger partial charge on any atom is 0.315 e. The molecule has 0 radical (unpaired) electrons. The largest absolute Gasteiger partial charge is 0.361 e. The van der Waals surface area contributed by atoms with Gasteiger partial charge in [0.05, 0.1) is 24.2 Å². The summed E-state index contributed by atoms with van der Waals surface area (Å²) in [6.07, 6.45) is 11.8. The zero-order valence-corrected chi connectivity index (χ0v) is 59.9. The summed E-state index contributed by atoms with van der Waals surface area (Å²) in [4.78, 5) is 112. The van der Waals surface area contributed by atoms with Crippen molar-refractivity contribution in [1.29, 1.82) is 0 Å². The average Bonchev–Trinajstić information content (AvgIpc) is 1.71. The number of aromatic nitrogens is 2. The van der Waals surface area contributed by atoms with Gasteiger partial charge in [-0.2, -0.15) is 0 Å². The number of H-pyrrole nitrogens is 2. The molecule has 0 bridgehead atoms. The van der Waals surface area contributed by atoms with E-state index < -0.39 is 72.4 Å². The number of benzene rings is 2. The van der Waals surface area contributed by atoms with Gasteiger partial charge in [-0.05, 0) is 139 Å². The number of aromatic amines is 2. The molecule has 2 heterocycles. The van der Waals surface area contributed by atoms with Crippen LogP contribution in [0.15, 0.2) is 60.9 Å². The van der Waals surface area contributed by atoms with E-state index in [9.17, 15) is 38.4 Å². The number of hydrogen-bond donors (Lipinski definition) is 23. The summed E-state index contributed by atoms with van der Waals surface area (Å²) in [5.74, 6) is -0.0187. The number of carbonyl (C=O) groups is 8. The summed E-state index contributed by atoms with van der Waals surface area (Å²) >= 11 is 5.70. The number of hydrogen-bond acceptors (Lipinski definition) is 12. The van der Waals surface area contributed by atoms with Crippen LogP contribution in [0.3, 0.4) is 0 Å². The van der Waals surface area contributed by atoms with Gasteiger partial charge in [0, 0.05) is 117 Å². The standard InChI is InChI=1S/C67H117N23O8S/c1-8-19-47(34-74-59(71)91)83-60(92)75-35-48(20-13-16-27-68)84-61(93)78-38-51(30-45-32-72-55-25-11-9-23-53(45)55)86-62(94)76-36-49(21-14-17-28-69)85-64(96)80-40-57(42(2)3)89-65(97)79-39-52(31-46-33-73-56-26-12-10-24-54(46)56)87-63(95)77-37-50(22-15-18-29-70)88-67(99)81-41-58(43(4)5)90-66(98)82-44(6)7/h9-12,23-26,32-33,42-44,47-52,57-58,72-73H,8,13-22,27-31,34-41,68-70H2,1-7H3,(H3,71,74,91)(H2,75,83,92)(H2,76,86,94)(H2,77,87,95)(H2,78,84,93)(H2,79,89,97)(H2,80,85,96)(H2,81,88,99)(H2,82,90,98)/t47-,48+,49+,50+,51+,52+,57+,58+/m1/s1. The molecule has 4 rings (SSSR count). The topological polar surface area (TPSA) is 477 Å². The van der Waals surface area contributed by atoms with Gasteiger partial charge in [-0.1, -0.05) is 96.7 Å². The number of primary amides is 1. The molecule has 4 aromatic rings. The lowest BCUT2D eigenvalue weighted by Crippen LogP contribution is -2.56. The predicted octanol–water partition coefficient (Wildman–Crippen LogP) is 3.52. The molecule has 0 saturated heterocycles. The van der Waals surface area contributed by atoms with Crippen molar-refractivity contribution in [3.63, 3.8) is 0 Å². The highest BCUT2D eigenvalue weighted by molar-refractivity contribution is 7.80. The van der Waals surface area contributed by atoms with E-state index in [1.807, 2.05) is 109 Å². The quantitative estimate of drug-likeness (QED) is 0.0223. The van der Waals surface area contributed by atoms with Crippen molar-refractivity contribution in [3.05, 3.63) is 72.1 Å². The van der Waals surface area contributed by atoms with Gasteiger partial charge in [0.1, 0.15) is 0 Å². The Bertz CT molecular complexity index is 3080. The highest BCUT2D eigenvalue weighted by atomic mass is 32.1. The van der Waals surface area contributed by atoms with Crippen LogP contribution >= 0.6 is 12.2 Å². The van der Waals surface area contributed by atoms with Crippen LogP contribution in [0, 0.1) is 11.8 Å². The summed E-state index contributed by atoms with van der Waals surface area (Å²) in [5.41, 5.74) is 26.4. The molecule has 0 aliphatic heterocycles. The van der Waals surface area contributed by atoms with E-state index in [-0.39, 0.29) is 87.8 Å². The molecule has 0 aliphatic rings. The lowest BCUT2D eigenvalue weighted by atomic mass is 10.0. The molecule has 32 heteroatoms. The molecule has 0 saturated carbocycles. The van der Waals surface area contributed by atoms with E-state index >= 15 is 0 Å². The second-order valence-corrected chi connectivity index (χ2v) is 26.6. The van der Waals surface area contributed by atoms with Crippen molar-refractivity contribution < 1.29 is 38.4 Å². The maximum absolute atomic E-state index is 13.9. The van der Waals surface area contributed by atoms with Crippen LogP contribution in [0.5, 0.6) is 0 Å². The van der Waals surface area contributed by atoms with E-state index in [4.69, 9.17) is 35.2 Å². The van der Waals surface area contributed by atoms with E-state index in [2.05, 4.69) is 100 Å².